The van der Waals surface area contributed by atoms with Gasteiger partial charge >= 0.3 is 0 Å². The van der Waals surface area contributed by atoms with Crippen LogP contribution in [0.4, 0.5) is 8.78 Å². The Labute approximate surface area is 189 Å². The van der Waals surface area contributed by atoms with Gasteiger partial charge in [-0.15, -0.1) is 11.3 Å². The number of carbonyl (C=O) groups excluding carboxylic acids is 1. The molecule has 2 heterocycles. The first kappa shape index (κ1) is 22.5. The number of hydrogen-bond acceptors (Lipinski definition) is 5. The second-order valence-corrected chi connectivity index (χ2v) is 10.4. The fourth-order valence-corrected chi connectivity index (χ4v) is 6.06. The van der Waals surface area contributed by atoms with Crippen molar-refractivity contribution in [1.29, 1.82) is 0 Å². The number of benzene rings is 2. The zero-order chi connectivity index (χ0) is 22.9. The predicted octanol–water partition coefficient (Wildman–Crippen LogP) is 3.93. The highest BCUT2D eigenvalue weighted by molar-refractivity contribution is 7.89. The van der Waals surface area contributed by atoms with E-state index in [1.807, 2.05) is 0 Å². The summed E-state index contributed by atoms with van der Waals surface area (Å²) in [5, 5.41) is 0.626. The molecule has 1 fully saturated rings. The lowest BCUT2D eigenvalue weighted by atomic mass is 10.2. The van der Waals surface area contributed by atoms with E-state index in [4.69, 9.17) is 0 Å². The van der Waals surface area contributed by atoms with E-state index in [1.54, 1.807) is 24.0 Å². The lowest BCUT2D eigenvalue weighted by Gasteiger charge is -2.21. The Morgan fingerprint density at radius 2 is 1.56 bits per heavy atom. The zero-order valence-electron chi connectivity index (χ0n) is 17.3. The van der Waals surface area contributed by atoms with Crippen molar-refractivity contribution in [2.24, 2.45) is 0 Å². The van der Waals surface area contributed by atoms with Crippen molar-refractivity contribution < 1.29 is 22.0 Å². The molecule has 0 aliphatic carbocycles. The molecular weight excluding hydrogens is 456 g/mol. The summed E-state index contributed by atoms with van der Waals surface area (Å²) in [5.41, 5.74) is 1.31. The van der Waals surface area contributed by atoms with Crippen molar-refractivity contribution in [2.75, 3.05) is 26.2 Å². The average molecular weight is 478 g/mol. The molecule has 1 amide bonds. The lowest BCUT2D eigenvalue weighted by molar-refractivity contribution is 0.0768. The van der Waals surface area contributed by atoms with Gasteiger partial charge in [-0.25, -0.2) is 22.2 Å². The summed E-state index contributed by atoms with van der Waals surface area (Å²) in [7, 11) is -3.77. The topological polar surface area (TPSA) is 70.6 Å². The van der Waals surface area contributed by atoms with Gasteiger partial charge < -0.3 is 4.90 Å². The number of amides is 1. The van der Waals surface area contributed by atoms with E-state index >= 15 is 0 Å². The SMILES string of the molecule is Cc1nc(-c2ccc(F)cc2)sc1C(=O)N1CCCN(S(=O)(=O)c2ccc(F)cc2)CC1. The van der Waals surface area contributed by atoms with Gasteiger partial charge in [0.25, 0.3) is 5.91 Å². The van der Waals surface area contributed by atoms with Gasteiger partial charge in [-0.3, -0.25) is 4.79 Å². The second kappa shape index (κ2) is 9.05. The van der Waals surface area contributed by atoms with E-state index in [-0.39, 0.29) is 36.3 Å². The highest BCUT2D eigenvalue weighted by Gasteiger charge is 2.30. The molecule has 0 radical (unpaired) electrons. The maximum Gasteiger partial charge on any atom is 0.265 e. The summed E-state index contributed by atoms with van der Waals surface area (Å²) in [6, 6.07) is 10.7. The Morgan fingerprint density at radius 1 is 0.938 bits per heavy atom. The predicted molar refractivity (Wildman–Crippen MR) is 118 cm³/mol. The second-order valence-electron chi connectivity index (χ2n) is 7.44. The van der Waals surface area contributed by atoms with Crippen molar-refractivity contribution in [3.05, 3.63) is 70.7 Å². The van der Waals surface area contributed by atoms with E-state index in [1.165, 1.54) is 39.9 Å². The molecule has 0 N–H and O–H groups in total. The first-order valence-corrected chi connectivity index (χ1v) is 12.3. The molecule has 1 saturated heterocycles. The van der Waals surface area contributed by atoms with Crippen molar-refractivity contribution in [2.45, 2.75) is 18.2 Å². The minimum Gasteiger partial charge on any atom is -0.337 e. The minimum atomic E-state index is -3.77. The molecule has 0 saturated carbocycles. The molecule has 1 aliphatic heterocycles. The molecule has 3 aromatic rings. The molecule has 168 valence electrons. The van der Waals surface area contributed by atoms with Gasteiger partial charge in [0.05, 0.1) is 10.6 Å². The molecule has 32 heavy (non-hydrogen) atoms. The molecule has 1 aliphatic rings. The number of hydrogen-bond donors (Lipinski definition) is 0. The molecule has 6 nitrogen and oxygen atoms in total. The molecule has 4 rings (SSSR count). The van der Waals surface area contributed by atoms with Crippen LogP contribution >= 0.6 is 11.3 Å². The van der Waals surface area contributed by atoms with Crippen molar-refractivity contribution in [3.63, 3.8) is 0 Å². The number of thiazole rings is 1. The summed E-state index contributed by atoms with van der Waals surface area (Å²) in [6.07, 6.45) is 0.481. The summed E-state index contributed by atoms with van der Waals surface area (Å²) in [4.78, 5) is 19.8. The smallest absolute Gasteiger partial charge is 0.265 e. The van der Waals surface area contributed by atoms with E-state index in [2.05, 4.69) is 4.98 Å². The number of sulfonamides is 1. The van der Waals surface area contributed by atoms with Crippen LogP contribution in [-0.2, 0) is 10.0 Å². The Kier molecular flexibility index (Phi) is 6.36. The van der Waals surface area contributed by atoms with Crippen LogP contribution in [0.15, 0.2) is 53.4 Å². The third-order valence-corrected chi connectivity index (χ3v) is 8.38. The maximum atomic E-state index is 13.2. The van der Waals surface area contributed by atoms with Crippen LogP contribution in [0, 0.1) is 18.6 Å². The van der Waals surface area contributed by atoms with Crippen LogP contribution in [0.25, 0.3) is 10.6 Å². The Morgan fingerprint density at radius 3 is 2.22 bits per heavy atom. The van der Waals surface area contributed by atoms with Crippen LogP contribution in [0.1, 0.15) is 21.8 Å². The third-order valence-electron chi connectivity index (χ3n) is 5.28. The Bertz CT molecular complexity index is 1230. The summed E-state index contributed by atoms with van der Waals surface area (Å²) in [6.45, 7) is 2.82. The highest BCUT2D eigenvalue weighted by Crippen LogP contribution is 2.29. The molecule has 0 atom stereocenters. The monoisotopic (exact) mass is 477 g/mol. The van der Waals surface area contributed by atoms with Gasteiger partial charge in [0.2, 0.25) is 10.0 Å². The molecular formula is C22H21F2N3O3S2. The maximum absolute atomic E-state index is 13.2. The van der Waals surface area contributed by atoms with Gasteiger partial charge in [-0.2, -0.15) is 4.31 Å². The largest absolute Gasteiger partial charge is 0.337 e. The number of rotatable bonds is 4. The number of halogens is 2. The van der Waals surface area contributed by atoms with Crippen LogP contribution < -0.4 is 0 Å². The fourth-order valence-electron chi connectivity index (χ4n) is 3.55. The molecule has 1 aromatic heterocycles. The van der Waals surface area contributed by atoms with Crippen LogP contribution in [-0.4, -0.2) is 54.7 Å². The number of aryl methyl sites for hydroxylation is 1. The standard InChI is InChI=1S/C22H21F2N3O3S2/c1-15-20(31-21(25-15)16-3-5-17(23)6-4-16)22(28)26-11-2-12-27(14-13-26)32(29,30)19-9-7-18(24)8-10-19/h3-10H,2,11-14H2,1H3. The fraction of sp³-hybridized carbons (Fsp3) is 0.273. The van der Waals surface area contributed by atoms with E-state index < -0.39 is 15.8 Å². The van der Waals surface area contributed by atoms with Crippen LogP contribution in [0.3, 0.4) is 0 Å². The highest BCUT2D eigenvalue weighted by atomic mass is 32.2. The number of carbonyl (C=O) groups is 1. The van der Waals surface area contributed by atoms with E-state index in [0.717, 1.165) is 17.7 Å². The molecule has 10 heteroatoms. The normalized spacial score (nSPS) is 15.5. The first-order valence-electron chi connectivity index (χ1n) is 10.0. The Hall–Kier alpha value is -2.69. The van der Waals surface area contributed by atoms with Crippen molar-refractivity contribution >= 4 is 27.3 Å². The Balaban J connectivity index is 1.49. The van der Waals surface area contributed by atoms with Crippen molar-refractivity contribution in [3.8, 4) is 10.6 Å². The minimum absolute atomic E-state index is 0.0286. The molecule has 0 bridgehead atoms. The summed E-state index contributed by atoms with van der Waals surface area (Å²) < 4.78 is 53.5. The van der Waals surface area contributed by atoms with Crippen LogP contribution in [0.5, 0.6) is 0 Å². The lowest BCUT2D eigenvalue weighted by Crippen LogP contribution is -2.37. The first-order chi connectivity index (χ1) is 15.3. The zero-order valence-corrected chi connectivity index (χ0v) is 18.9. The van der Waals surface area contributed by atoms with Gasteiger partial charge in [-0.1, -0.05) is 0 Å². The number of aromatic nitrogens is 1. The third kappa shape index (κ3) is 4.57. The van der Waals surface area contributed by atoms with Gasteiger partial charge in [0.15, 0.2) is 0 Å². The quantitative estimate of drug-likeness (QED) is 0.571. The number of nitrogens with zero attached hydrogens (tertiary/aromatic N) is 3. The summed E-state index contributed by atoms with van der Waals surface area (Å²) >= 11 is 1.24. The molecule has 0 spiro atoms. The van der Waals surface area contributed by atoms with Gasteiger partial charge in [0.1, 0.15) is 21.5 Å². The molecule has 2 aromatic carbocycles. The van der Waals surface area contributed by atoms with Crippen molar-refractivity contribution in [1.82, 2.24) is 14.2 Å². The molecule has 0 unspecified atom stereocenters. The average Bonchev–Trinajstić information content (AvgIpc) is 2.99. The van der Waals surface area contributed by atoms with Gasteiger partial charge in [-0.05, 0) is 61.9 Å². The van der Waals surface area contributed by atoms with Gasteiger partial charge in [0, 0.05) is 31.7 Å². The van der Waals surface area contributed by atoms with Crippen LogP contribution in [0.2, 0.25) is 0 Å². The summed E-state index contributed by atoms with van der Waals surface area (Å²) in [5.74, 6) is -1.05. The van der Waals surface area contributed by atoms with E-state index in [0.29, 0.717) is 28.5 Å². The van der Waals surface area contributed by atoms with E-state index in [9.17, 15) is 22.0 Å².